The standard InChI is InChI=1S/C27H32F4N4O2/c1-16(18-3-2-4-19(25(18)29)26(30)31)32-27(36)20-13-24(35-9-11-37-12-10-35)21(28)14-22(20)33-23-15-34-7-5-17(23)6-8-34/h2-4,13-14,16-17,23,26,33H,5-12,15H2,1H3,(H,32,36)/t16-,23?/m1/s1. The Morgan fingerprint density at radius 2 is 1.76 bits per heavy atom. The Hall–Kier alpha value is -2.85. The summed E-state index contributed by atoms with van der Waals surface area (Å²) in [5.41, 5.74) is 0.163. The number of piperidine rings is 3. The molecule has 10 heteroatoms. The van der Waals surface area contributed by atoms with E-state index in [1.54, 1.807) is 6.92 Å². The van der Waals surface area contributed by atoms with Crippen LogP contribution in [0, 0.1) is 17.6 Å². The summed E-state index contributed by atoms with van der Waals surface area (Å²) in [5.74, 6) is -1.57. The second-order valence-corrected chi connectivity index (χ2v) is 10.1. The minimum atomic E-state index is -2.96. The normalized spacial score (nSPS) is 24.3. The van der Waals surface area contributed by atoms with Gasteiger partial charge in [0, 0.05) is 31.2 Å². The van der Waals surface area contributed by atoms with Gasteiger partial charge in [-0.05, 0) is 50.9 Å². The van der Waals surface area contributed by atoms with Crippen LogP contribution < -0.4 is 15.5 Å². The number of hydrogen-bond donors (Lipinski definition) is 2. The van der Waals surface area contributed by atoms with Gasteiger partial charge < -0.3 is 25.2 Å². The molecule has 4 saturated heterocycles. The van der Waals surface area contributed by atoms with E-state index in [0.29, 0.717) is 43.6 Å². The van der Waals surface area contributed by atoms with Crippen LogP contribution in [0.25, 0.3) is 0 Å². The van der Waals surface area contributed by atoms with Crippen LogP contribution in [0.15, 0.2) is 30.3 Å². The molecule has 2 aromatic rings. The molecule has 4 aliphatic heterocycles. The van der Waals surface area contributed by atoms with Gasteiger partial charge in [0.2, 0.25) is 0 Å². The topological polar surface area (TPSA) is 56.8 Å². The average Bonchev–Trinajstić information content (AvgIpc) is 2.90. The lowest BCUT2D eigenvalue weighted by Crippen LogP contribution is -2.53. The summed E-state index contributed by atoms with van der Waals surface area (Å²) >= 11 is 0. The van der Waals surface area contributed by atoms with Crippen LogP contribution in [0.4, 0.5) is 28.9 Å². The Kier molecular flexibility index (Phi) is 7.57. The minimum Gasteiger partial charge on any atom is -0.380 e. The average molecular weight is 521 g/mol. The highest BCUT2D eigenvalue weighted by molar-refractivity contribution is 6.01. The lowest BCUT2D eigenvalue weighted by Gasteiger charge is -2.45. The quantitative estimate of drug-likeness (QED) is 0.517. The van der Waals surface area contributed by atoms with Gasteiger partial charge in [0.05, 0.1) is 41.8 Å². The van der Waals surface area contributed by atoms with Gasteiger partial charge in [-0.15, -0.1) is 0 Å². The Bertz CT molecular complexity index is 1130. The van der Waals surface area contributed by atoms with E-state index in [1.807, 2.05) is 4.90 Å². The lowest BCUT2D eigenvalue weighted by molar-refractivity contribution is 0.0934. The second kappa shape index (κ2) is 10.9. The molecule has 200 valence electrons. The largest absolute Gasteiger partial charge is 0.380 e. The fraction of sp³-hybridized carbons (Fsp3) is 0.519. The number of alkyl halides is 2. The molecule has 2 N–H and O–H groups in total. The lowest BCUT2D eigenvalue weighted by atomic mass is 9.84. The summed E-state index contributed by atoms with van der Waals surface area (Å²) in [7, 11) is 0. The number of benzene rings is 2. The molecule has 6 rings (SSSR count). The summed E-state index contributed by atoms with van der Waals surface area (Å²) in [5, 5.41) is 6.16. The van der Waals surface area contributed by atoms with Crippen LogP contribution >= 0.6 is 0 Å². The number of carbonyl (C=O) groups excluding carboxylic acids is 1. The van der Waals surface area contributed by atoms with Crippen LogP contribution in [-0.4, -0.2) is 62.8 Å². The molecule has 1 amide bonds. The van der Waals surface area contributed by atoms with E-state index in [1.165, 1.54) is 24.3 Å². The molecule has 4 aliphatic rings. The van der Waals surface area contributed by atoms with Gasteiger partial charge in [0.1, 0.15) is 11.6 Å². The third-order valence-corrected chi connectivity index (χ3v) is 7.79. The van der Waals surface area contributed by atoms with Crippen molar-refractivity contribution in [3.8, 4) is 0 Å². The van der Waals surface area contributed by atoms with Crippen molar-refractivity contribution >= 4 is 17.3 Å². The molecule has 0 aromatic heterocycles. The van der Waals surface area contributed by atoms with Crippen molar-refractivity contribution in [2.24, 2.45) is 5.92 Å². The number of hydrogen-bond acceptors (Lipinski definition) is 5. The van der Waals surface area contributed by atoms with E-state index in [-0.39, 0.29) is 17.2 Å². The van der Waals surface area contributed by atoms with E-state index in [4.69, 9.17) is 4.74 Å². The second-order valence-electron chi connectivity index (χ2n) is 10.1. The molecular weight excluding hydrogens is 488 g/mol. The number of ether oxygens (including phenoxy) is 1. The Morgan fingerprint density at radius 1 is 1.05 bits per heavy atom. The summed E-state index contributed by atoms with van der Waals surface area (Å²) in [6.45, 7) is 6.34. The number of rotatable bonds is 7. The first-order chi connectivity index (χ1) is 17.8. The zero-order valence-electron chi connectivity index (χ0n) is 20.8. The molecule has 37 heavy (non-hydrogen) atoms. The number of anilines is 2. The van der Waals surface area contributed by atoms with Crippen molar-refractivity contribution in [1.29, 1.82) is 0 Å². The fourth-order valence-electron chi connectivity index (χ4n) is 5.67. The maximum absolute atomic E-state index is 15.3. The third kappa shape index (κ3) is 5.40. The zero-order chi connectivity index (χ0) is 26.1. The van der Waals surface area contributed by atoms with Crippen molar-refractivity contribution in [1.82, 2.24) is 10.2 Å². The van der Waals surface area contributed by atoms with Gasteiger partial charge >= 0.3 is 0 Å². The predicted molar refractivity (Wildman–Crippen MR) is 133 cm³/mol. The molecule has 1 unspecified atom stereocenters. The van der Waals surface area contributed by atoms with Crippen LogP contribution in [0.5, 0.6) is 0 Å². The van der Waals surface area contributed by atoms with Crippen molar-refractivity contribution < 1.29 is 27.1 Å². The monoisotopic (exact) mass is 520 g/mol. The van der Waals surface area contributed by atoms with Crippen LogP contribution in [0.1, 0.15) is 53.7 Å². The summed E-state index contributed by atoms with van der Waals surface area (Å²) < 4.78 is 61.9. The molecule has 4 fully saturated rings. The van der Waals surface area contributed by atoms with Gasteiger partial charge in [-0.25, -0.2) is 17.6 Å². The van der Waals surface area contributed by atoms with Crippen LogP contribution in [-0.2, 0) is 4.74 Å². The molecule has 4 heterocycles. The number of morpholine rings is 1. The SMILES string of the molecule is C[C@@H](NC(=O)c1cc(N2CCOCC2)c(F)cc1NC1CN2CCC1CC2)c1cccc(C(F)F)c1F. The summed E-state index contributed by atoms with van der Waals surface area (Å²) in [4.78, 5) is 17.7. The third-order valence-electron chi connectivity index (χ3n) is 7.79. The highest BCUT2D eigenvalue weighted by Crippen LogP contribution is 2.34. The number of carbonyl (C=O) groups is 1. The Labute approximate surface area is 214 Å². The first kappa shape index (κ1) is 25.8. The van der Waals surface area contributed by atoms with Crippen molar-refractivity contribution in [3.63, 3.8) is 0 Å². The molecule has 6 nitrogen and oxygen atoms in total. The van der Waals surface area contributed by atoms with Gasteiger partial charge in [0.15, 0.2) is 0 Å². The Balaban J connectivity index is 1.44. The van der Waals surface area contributed by atoms with E-state index >= 15 is 4.39 Å². The molecule has 0 radical (unpaired) electrons. The number of halogens is 4. The van der Waals surface area contributed by atoms with Gasteiger partial charge in [-0.3, -0.25) is 4.79 Å². The van der Waals surface area contributed by atoms with Gasteiger partial charge in [0.25, 0.3) is 12.3 Å². The summed E-state index contributed by atoms with van der Waals surface area (Å²) in [6, 6.07) is 5.84. The van der Waals surface area contributed by atoms with Crippen LogP contribution in [0.2, 0.25) is 0 Å². The van der Waals surface area contributed by atoms with Crippen molar-refractivity contribution in [2.45, 2.75) is 38.3 Å². The van der Waals surface area contributed by atoms with E-state index in [9.17, 15) is 18.0 Å². The first-order valence-corrected chi connectivity index (χ1v) is 12.8. The predicted octanol–water partition coefficient (Wildman–Crippen LogP) is 4.74. The van der Waals surface area contributed by atoms with Crippen molar-refractivity contribution in [2.75, 3.05) is 56.2 Å². The number of nitrogens with one attached hydrogen (secondary N) is 2. The highest BCUT2D eigenvalue weighted by Gasteiger charge is 2.35. The molecule has 2 bridgehead atoms. The molecule has 0 aliphatic carbocycles. The molecule has 2 atom stereocenters. The number of fused-ring (bicyclic) bond motifs is 3. The van der Waals surface area contributed by atoms with Crippen molar-refractivity contribution in [3.05, 3.63) is 58.7 Å². The molecule has 0 spiro atoms. The Morgan fingerprint density at radius 3 is 2.41 bits per heavy atom. The fourth-order valence-corrected chi connectivity index (χ4v) is 5.67. The maximum atomic E-state index is 15.3. The van der Waals surface area contributed by atoms with E-state index < -0.39 is 35.6 Å². The number of nitrogens with zero attached hydrogens (tertiary/aromatic N) is 2. The summed E-state index contributed by atoms with van der Waals surface area (Å²) in [6.07, 6.45) is -0.873. The van der Waals surface area contributed by atoms with Crippen LogP contribution in [0.3, 0.4) is 0 Å². The molecule has 0 saturated carbocycles. The van der Waals surface area contributed by atoms with E-state index in [0.717, 1.165) is 38.5 Å². The van der Waals surface area contributed by atoms with E-state index in [2.05, 4.69) is 15.5 Å². The number of amides is 1. The minimum absolute atomic E-state index is 0.0337. The molecule has 2 aromatic carbocycles. The smallest absolute Gasteiger partial charge is 0.266 e. The zero-order valence-corrected chi connectivity index (χ0v) is 20.8. The van der Waals surface area contributed by atoms with Gasteiger partial charge in [-0.2, -0.15) is 0 Å². The van der Waals surface area contributed by atoms with Gasteiger partial charge in [-0.1, -0.05) is 18.2 Å². The maximum Gasteiger partial charge on any atom is 0.266 e. The highest BCUT2D eigenvalue weighted by atomic mass is 19.3. The molecular formula is C27H32F4N4O2. The first-order valence-electron chi connectivity index (χ1n) is 12.8.